The van der Waals surface area contributed by atoms with E-state index in [1.165, 1.54) is 23.9 Å². The predicted octanol–water partition coefficient (Wildman–Crippen LogP) is -4.15. The number of hydrogen-bond acceptors (Lipinski definition) is 16. The number of carboxylic acids is 2. The maximum atomic E-state index is 13.9. The molecule has 0 saturated heterocycles. The number of carbonyl (C=O) groups excluding carboxylic acids is 8. The van der Waals surface area contributed by atoms with E-state index >= 15 is 0 Å². The van der Waals surface area contributed by atoms with Gasteiger partial charge in [-0.1, -0.05) is 42.5 Å². The molecule has 0 aromatic heterocycles. The zero-order valence-electron chi connectivity index (χ0n) is 39.4. The summed E-state index contributed by atoms with van der Waals surface area (Å²) in [4.78, 5) is 129. The molecule has 8 atom stereocenters. The maximum absolute atomic E-state index is 13.9. The monoisotopic (exact) mass is 1020 g/mol. The molecule has 8 amide bonds. The van der Waals surface area contributed by atoms with Crippen LogP contribution >= 0.6 is 11.8 Å². The lowest BCUT2D eigenvalue weighted by Gasteiger charge is -2.28. The fraction of sp³-hybridized carbons (Fsp3) is 0.511. The zero-order chi connectivity index (χ0) is 53.0. The first-order chi connectivity index (χ1) is 33.7. The molecule has 0 fully saturated rings. The number of hydrogen-bond donors (Lipinski definition) is 15. The third kappa shape index (κ3) is 23.1. The fourth-order valence-electron chi connectivity index (χ4n) is 6.55. The van der Waals surface area contributed by atoms with E-state index in [4.69, 9.17) is 11.5 Å². The molecule has 0 aliphatic heterocycles. The molecule has 0 aliphatic rings. The van der Waals surface area contributed by atoms with E-state index in [1.807, 2.05) is 0 Å². The molecule has 0 aliphatic carbocycles. The van der Waals surface area contributed by atoms with Crippen LogP contribution in [0, 0.1) is 0 Å². The van der Waals surface area contributed by atoms with Gasteiger partial charge in [-0.15, -0.1) is 0 Å². The van der Waals surface area contributed by atoms with Gasteiger partial charge >= 0.3 is 11.9 Å². The molecule has 0 bridgehead atoms. The number of aliphatic carboxylic acids is 2. The van der Waals surface area contributed by atoms with Gasteiger partial charge in [-0.05, 0) is 87.3 Å². The molecule has 26 heteroatoms. The van der Waals surface area contributed by atoms with Crippen molar-refractivity contribution in [3.05, 3.63) is 65.7 Å². The Balaban J connectivity index is 2.17. The Morgan fingerprint density at radius 1 is 0.606 bits per heavy atom. The van der Waals surface area contributed by atoms with E-state index in [0.29, 0.717) is 24.0 Å². The van der Waals surface area contributed by atoms with Crippen molar-refractivity contribution < 1.29 is 73.5 Å². The lowest BCUT2D eigenvalue weighted by molar-refractivity contribution is -0.143. The van der Waals surface area contributed by atoms with Gasteiger partial charge in [0.25, 0.3) is 0 Å². The Morgan fingerprint density at radius 3 is 1.73 bits per heavy atom. The van der Waals surface area contributed by atoms with Crippen molar-refractivity contribution in [1.29, 1.82) is 0 Å². The summed E-state index contributed by atoms with van der Waals surface area (Å²) in [5.41, 5.74) is 12.7. The number of rotatable bonds is 33. The second-order valence-electron chi connectivity index (χ2n) is 16.3. The minimum absolute atomic E-state index is 0.0272. The van der Waals surface area contributed by atoms with Crippen molar-refractivity contribution in [3.63, 3.8) is 0 Å². The summed E-state index contributed by atoms with van der Waals surface area (Å²) >= 11 is 1.30. The van der Waals surface area contributed by atoms with Crippen molar-refractivity contribution in [2.45, 2.75) is 107 Å². The number of carbonyl (C=O) groups is 10. The van der Waals surface area contributed by atoms with Crippen LogP contribution in [-0.2, 0) is 60.8 Å². The van der Waals surface area contributed by atoms with Crippen LogP contribution in [0.2, 0.25) is 0 Å². The lowest BCUT2D eigenvalue weighted by atomic mass is 10.0. The second-order valence-corrected chi connectivity index (χ2v) is 17.3. The molecule has 0 saturated carbocycles. The number of phenols is 1. The van der Waals surface area contributed by atoms with Gasteiger partial charge in [0, 0.05) is 12.8 Å². The lowest BCUT2D eigenvalue weighted by Crippen LogP contribution is -2.62. The number of benzene rings is 2. The third-order valence-electron chi connectivity index (χ3n) is 10.5. The van der Waals surface area contributed by atoms with Gasteiger partial charge in [0.1, 0.15) is 42.0 Å². The number of aliphatic hydroxyl groups is 2. The minimum Gasteiger partial charge on any atom is -0.508 e. The molecule has 0 unspecified atom stereocenters. The molecule has 0 radical (unpaired) electrons. The SMILES string of the molecule is CSCC[C@H](NC(=O)[C@H](Cc1ccccc1)NC(=O)CNC(=O)CNC(=O)[C@@H](N)Cc1ccc(O)cc1)C(=O)N[C@H](C(=O)N[C@@H](CO)C(=O)N[C@@H](CCC(=O)O)C(=O)N[C@@H](CCCCN)C(=O)O)[C@@H](C)O. The van der Waals surface area contributed by atoms with Crippen LogP contribution in [0.3, 0.4) is 0 Å². The number of thioether (sulfide) groups is 1. The minimum atomic E-state index is -1.85. The van der Waals surface area contributed by atoms with Crippen LogP contribution in [0.15, 0.2) is 54.6 Å². The molecular weight excluding hydrogens is 953 g/mol. The molecule has 17 N–H and O–H groups in total. The Hall–Kier alpha value is -6.87. The first-order valence-electron chi connectivity index (χ1n) is 22.5. The number of nitrogens with one attached hydrogen (secondary N) is 8. The molecule has 392 valence electrons. The summed E-state index contributed by atoms with van der Waals surface area (Å²) in [6.45, 7) is -0.868. The number of carboxylic acid groups (broad SMARTS) is 2. The Morgan fingerprint density at radius 2 is 1.15 bits per heavy atom. The van der Waals surface area contributed by atoms with Crippen LogP contribution in [0.1, 0.15) is 56.6 Å². The quantitative estimate of drug-likeness (QED) is 0.0302. The van der Waals surface area contributed by atoms with E-state index < -0.39 is 140 Å². The normalized spacial score (nSPS) is 14.3. The molecule has 71 heavy (non-hydrogen) atoms. The van der Waals surface area contributed by atoms with Crippen molar-refractivity contribution in [3.8, 4) is 5.75 Å². The number of aliphatic hydroxyl groups excluding tert-OH is 2. The third-order valence-corrected chi connectivity index (χ3v) is 11.1. The van der Waals surface area contributed by atoms with Crippen molar-refractivity contribution in [2.75, 3.05) is 38.2 Å². The highest BCUT2D eigenvalue weighted by molar-refractivity contribution is 7.98. The van der Waals surface area contributed by atoms with Gasteiger partial charge in [-0.2, -0.15) is 11.8 Å². The van der Waals surface area contributed by atoms with E-state index in [2.05, 4.69) is 42.5 Å². The molecule has 25 nitrogen and oxygen atoms in total. The van der Waals surface area contributed by atoms with Crippen molar-refractivity contribution in [1.82, 2.24) is 42.5 Å². The highest BCUT2D eigenvalue weighted by atomic mass is 32.2. The summed E-state index contributed by atoms with van der Waals surface area (Å²) in [6.07, 6.45) is -0.354. The Bertz CT molecular complexity index is 2100. The highest BCUT2D eigenvalue weighted by Gasteiger charge is 2.35. The topological polar surface area (TPSA) is 420 Å². The van der Waals surface area contributed by atoms with E-state index in [9.17, 15) is 73.5 Å². The van der Waals surface area contributed by atoms with Crippen LogP contribution < -0.4 is 54.0 Å². The molecule has 0 spiro atoms. The molecule has 2 aromatic carbocycles. The maximum Gasteiger partial charge on any atom is 0.326 e. The summed E-state index contributed by atoms with van der Waals surface area (Å²) in [7, 11) is 0. The van der Waals surface area contributed by atoms with Gasteiger partial charge in [-0.25, -0.2) is 4.79 Å². The second kappa shape index (κ2) is 32.1. The van der Waals surface area contributed by atoms with Crippen LogP contribution in [0.25, 0.3) is 0 Å². The van der Waals surface area contributed by atoms with Crippen LogP contribution in [0.5, 0.6) is 5.75 Å². The van der Waals surface area contributed by atoms with Crippen molar-refractivity contribution in [2.24, 2.45) is 11.5 Å². The van der Waals surface area contributed by atoms with E-state index in [0.717, 1.165) is 6.92 Å². The van der Waals surface area contributed by atoms with Gasteiger partial charge in [0.15, 0.2) is 0 Å². The zero-order valence-corrected chi connectivity index (χ0v) is 40.2. The largest absolute Gasteiger partial charge is 0.508 e. The summed E-state index contributed by atoms with van der Waals surface area (Å²) < 4.78 is 0. The van der Waals surface area contributed by atoms with E-state index in [1.54, 1.807) is 48.7 Å². The van der Waals surface area contributed by atoms with E-state index in [-0.39, 0.29) is 43.7 Å². The molecule has 0 heterocycles. The number of nitrogens with two attached hydrogens (primary N) is 2. The summed E-state index contributed by atoms with van der Waals surface area (Å²) in [5.74, 6) is -9.96. The Kier molecular flexibility index (Phi) is 27.2. The molecule has 2 rings (SSSR count). The van der Waals surface area contributed by atoms with Gasteiger partial charge in [0.2, 0.25) is 47.3 Å². The number of aromatic hydroxyl groups is 1. The predicted molar refractivity (Wildman–Crippen MR) is 257 cm³/mol. The standard InChI is InChI=1S/C45H66N10O15S/c1-25(57)38(44(68)54-34(24-56)43(67)51-30(15-16-37(61)62)40(64)53-32(45(69)70)10-6-7-18-46)55-41(65)31(17-19-71-2)52-42(66)33(21-26-8-4-3-5-9-26)50-36(60)23-48-35(59)22-49-39(63)29(47)20-27-11-13-28(58)14-12-27/h3-5,8-9,11-14,25,29-34,38,56-58H,6-7,10,15-24,46-47H2,1-2H3,(H,48,59)(H,49,63)(H,50,60)(H,51,67)(H,52,66)(H,53,64)(H,54,68)(H,55,65)(H,61,62)(H,69,70)/t25-,29+,30+,31+,32+,33+,34+,38+/m1/s1. The summed E-state index contributed by atoms with van der Waals surface area (Å²) in [5, 5.41) is 67.8. The average molecular weight is 1020 g/mol. The first-order valence-corrected chi connectivity index (χ1v) is 23.9. The average Bonchev–Trinajstić information content (AvgIpc) is 3.33. The van der Waals surface area contributed by atoms with Crippen LogP contribution in [0.4, 0.5) is 0 Å². The summed E-state index contributed by atoms with van der Waals surface area (Å²) in [6, 6.07) is 4.03. The Labute approximate surface area is 413 Å². The number of unbranched alkanes of at least 4 members (excludes halogenated alkanes) is 1. The fourth-order valence-corrected chi connectivity index (χ4v) is 7.02. The number of amides is 8. The molecule has 2 aromatic rings. The first kappa shape index (κ1) is 60.3. The van der Waals surface area contributed by atoms with Crippen LogP contribution in [-0.4, -0.2) is 171 Å². The smallest absolute Gasteiger partial charge is 0.326 e. The molecular formula is C45H66N10O15S. The van der Waals surface area contributed by atoms with Gasteiger partial charge < -0.3 is 79.5 Å². The van der Waals surface area contributed by atoms with Gasteiger partial charge in [0.05, 0.1) is 31.8 Å². The van der Waals surface area contributed by atoms with Gasteiger partial charge in [-0.3, -0.25) is 43.2 Å². The number of phenolic OH excluding ortho intramolecular Hbond substituents is 1. The highest BCUT2D eigenvalue weighted by Crippen LogP contribution is 2.12. The van der Waals surface area contributed by atoms with Crippen molar-refractivity contribution >= 4 is 71.0 Å².